The van der Waals surface area contributed by atoms with Gasteiger partial charge in [0.25, 0.3) is 5.91 Å². The number of hydrogen-bond donors (Lipinski definition) is 0. The Kier molecular flexibility index (Phi) is 5.72. The topological polar surface area (TPSA) is 55.3 Å². The first-order valence-electron chi connectivity index (χ1n) is 10.8. The summed E-state index contributed by atoms with van der Waals surface area (Å²) in [5.74, 6) is 0.0299. The number of carbonyl (C=O) groups is 1. The van der Waals surface area contributed by atoms with E-state index in [1.165, 1.54) is 11.1 Å². The second-order valence-electron chi connectivity index (χ2n) is 8.28. The van der Waals surface area contributed by atoms with E-state index in [0.717, 1.165) is 32.9 Å². The number of hydrogen-bond acceptors (Lipinski definition) is 5. The van der Waals surface area contributed by atoms with Crippen LogP contribution in [0.3, 0.4) is 0 Å². The molecule has 5 nitrogen and oxygen atoms in total. The number of rotatable bonds is 4. The van der Waals surface area contributed by atoms with E-state index >= 15 is 0 Å². The van der Waals surface area contributed by atoms with Gasteiger partial charge < -0.3 is 9.64 Å². The average molecular weight is 444 g/mol. The van der Waals surface area contributed by atoms with E-state index in [0.29, 0.717) is 25.3 Å². The van der Waals surface area contributed by atoms with E-state index in [-0.39, 0.29) is 12.0 Å². The lowest BCUT2D eigenvalue weighted by Gasteiger charge is -2.32. The summed E-state index contributed by atoms with van der Waals surface area (Å²) in [4.78, 5) is 24.1. The Balaban J connectivity index is 1.27. The van der Waals surface area contributed by atoms with Gasteiger partial charge in [-0.1, -0.05) is 35.9 Å². The smallest absolute Gasteiger partial charge is 0.254 e. The average Bonchev–Trinajstić information content (AvgIpc) is 3.20. The van der Waals surface area contributed by atoms with Gasteiger partial charge in [-0.25, -0.2) is 4.98 Å². The fourth-order valence-electron chi connectivity index (χ4n) is 4.04. The molecule has 2 aromatic heterocycles. The van der Waals surface area contributed by atoms with Crippen LogP contribution in [0.2, 0.25) is 0 Å². The first-order chi connectivity index (χ1) is 15.5. The summed E-state index contributed by atoms with van der Waals surface area (Å²) in [7, 11) is 0. The predicted octanol–water partition coefficient (Wildman–Crippen LogP) is 5.11. The van der Waals surface area contributed by atoms with Gasteiger partial charge in [-0.05, 0) is 55.7 Å². The minimum Gasteiger partial charge on any atom is -0.368 e. The second kappa shape index (κ2) is 8.81. The molecule has 0 bridgehead atoms. The van der Waals surface area contributed by atoms with Crippen molar-refractivity contribution in [3.8, 4) is 0 Å². The summed E-state index contributed by atoms with van der Waals surface area (Å²) in [5, 5.41) is 1.01. The van der Waals surface area contributed by atoms with Crippen molar-refractivity contribution in [1.29, 1.82) is 0 Å². The number of fused-ring (bicyclic) bond motifs is 1. The van der Waals surface area contributed by atoms with Gasteiger partial charge in [-0.15, -0.1) is 11.3 Å². The van der Waals surface area contributed by atoms with Gasteiger partial charge in [0.15, 0.2) is 0 Å². The molecule has 1 amide bonds. The van der Waals surface area contributed by atoms with Crippen molar-refractivity contribution >= 4 is 27.5 Å². The highest BCUT2D eigenvalue weighted by atomic mass is 32.1. The Morgan fingerprint density at radius 3 is 2.69 bits per heavy atom. The highest BCUT2D eigenvalue weighted by molar-refractivity contribution is 7.18. The highest BCUT2D eigenvalue weighted by Crippen LogP contribution is 2.26. The zero-order valence-electron chi connectivity index (χ0n) is 18.2. The van der Waals surface area contributed by atoms with Gasteiger partial charge >= 0.3 is 0 Å². The Bertz CT molecular complexity index is 1250. The molecule has 0 spiro atoms. The summed E-state index contributed by atoms with van der Waals surface area (Å²) in [5.41, 5.74) is 6.20. The van der Waals surface area contributed by atoms with Crippen LogP contribution in [0.15, 0.2) is 60.8 Å². The van der Waals surface area contributed by atoms with Crippen molar-refractivity contribution in [1.82, 2.24) is 14.9 Å². The zero-order valence-corrected chi connectivity index (χ0v) is 19.1. The SMILES string of the molecule is Cc1ccc(Cc2ccc([C@H]3CN(C(=O)c4ccc5nc(C)sc5c4)CCO3)nc2)cc1. The maximum absolute atomic E-state index is 13.1. The number of benzene rings is 2. The van der Waals surface area contributed by atoms with Crippen LogP contribution in [0, 0.1) is 13.8 Å². The number of aromatic nitrogens is 2. The summed E-state index contributed by atoms with van der Waals surface area (Å²) in [6, 6.07) is 18.4. The molecule has 4 aromatic rings. The summed E-state index contributed by atoms with van der Waals surface area (Å²) in [6.07, 6.45) is 2.55. The number of amides is 1. The van der Waals surface area contributed by atoms with Crippen molar-refractivity contribution < 1.29 is 9.53 Å². The van der Waals surface area contributed by atoms with Crippen LogP contribution in [-0.4, -0.2) is 40.5 Å². The molecule has 3 heterocycles. The Hall–Kier alpha value is -3.09. The van der Waals surface area contributed by atoms with Crippen molar-refractivity contribution in [2.75, 3.05) is 19.7 Å². The molecule has 1 aliphatic rings. The first kappa shape index (κ1) is 20.8. The third kappa shape index (κ3) is 4.42. The van der Waals surface area contributed by atoms with Crippen molar-refractivity contribution in [3.05, 3.63) is 93.7 Å². The molecular weight excluding hydrogens is 418 g/mol. The molecule has 0 saturated carbocycles. The van der Waals surface area contributed by atoms with Crippen molar-refractivity contribution in [3.63, 3.8) is 0 Å². The van der Waals surface area contributed by atoms with Crippen LogP contribution < -0.4 is 0 Å². The molecule has 0 aliphatic carbocycles. The van der Waals surface area contributed by atoms with E-state index in [4.69, 9.17) is 4.74 Å². The van der Waals surface area contributed by atoms with Gasteiger partial charge in [0, 0.05) is 18.3 Å². The molecular formula is C26H25N3O2S. The lowest BCUT2D eigenvalue weighted by molar-refractivity contribution is -0.0247. The van der Waals surface area contributed by atoms with E-state index in [2.05, 4.69) is 47.2 Å². The van der Waals surface area contributed by atoms with Gasteiger partial charge in [-0.3, -0.25) is 9.78 Å². The Morgan fingerprint density at radius 2 is 1.91 bits per heavy atom. The van der Waals surface area contributed by atoms with Crippen molar-refractivity contribution in [2.24, 2.45) is 0 Å². The number of thiazole rings is 1. The van der Waals surface area contributed by atoms with Gasteiger partial charge in [0.05, 0.1) is 34.1 Å². The quantitative estimate of drug-likeness (QED) is 0.440. The van der Waals surface area contributed by atoms with Gasteiger partial charge in [0.1, 0.15) is 6.10 Å². The molecule has 1 saturated heterocycles. The molecule has 5 rings (SSSR count). The van der Waals surface area contributed by atoms with Crippen LogP contribution in [0.1, 0.15) is 43.9 Å². The number of pyridine rings is 1. The van der Waals surface area contributed by atoms with Crippen LogP contribution in [0.4, 0.5) is 0 Å². The largest absolute Gasteiger partial charge is 0.368 e. The number of carbonyl (C=O) groups excluding carboxylic acids is 1. The third-order valence-corrected chi connectivity index (χ3v) is 6.74. The number of morpholine rings is 1. The maximum Gasteiger partial charge on any atom is 0.254 e. The molecule has 0 radical (unpaired) electrons. The van der Waals surface area contributed by atoms with Crippen LogP contribution in [0.5, 0.6) is 0 Å². The normalized spacial score (nSPS) is 16.4. The van der Waals surface area contributed by atoms with E-state index in [1.807, 2.05) is 42.3 Å². The molecule has 0 N–H and O–H groups in total. The summed E-state index contributed by atoms with van der Waals surface area (Å²) >= 11 is 1.61. The van der Waals surface area contributed by atoms with E-state index in [9.17, 15) is 4.79 Å². The van der Waals surface area contributed by atoms with Gasteiger partial charge in [-0.2, -0.15) is 0 Å². The predicted molar refractivity (Wildman–Crippen MR) is 127 cm³/mol. The monoisotopic (exact) mass is 443 g/mol. The zero-order chi connectivity index (χ0) is 22.1. The lowest BCUT2D eigenvalue weighted by Crippen LogP contribution is -2.42. The molecule has 162 valence electrons. The second-order valence-corrected chi connectivity index (χ2v) is 9.51. The van der Waals surface area contributed by atoms with Crippen molar-refractivity contribution in [2.45, 2.75) is 26.4 Å². The lowest BCUT2D eigenvalue weighted by atomic mass is 10.0. The van der Waals surface area contributed by atoms with Crippen LogP contribution in [-0.2, 0) is 11.2 Å². The summed E-state index contributed by atoms with van der Waals surface area (Å²) in [6.45, 7) is 5.67. The molecule has 6 heteroatoms. The fourth-order valence-corrected chi connectivity index (χ4v) is 4.91. The molecule has 1 fully saturated rings. The number of ether oxygens (including phenoxy) is 1. The molecule has 1 aliphatic heterocycles. The van der Waals surface area contributed by atoms with E-state index < -0.39 is 0 Å². The Labute approximate surface area is 191 Å². The standard InChI is InChI=1S/C26H25N3O2S/c1-17-3-5-19(6-4-17)13-20-7-9-22(27-15-20)24-16-29(11-12-31-24)26(30)21-8-10-23-25(14-21)32-18(2)28-23/h3-10,14-15,24H,11-13,16H2,1-2H3/t24-/m1/s1. The van der Waals surface area contributed by atoms with Crippen LogP contribution >= 0.6 is 11.3 Å². The third-order valence-electron chi connectivity index (χ3n) is 5.80. The first-order valence-corrected chi connectivity index (χ1v) is 11.7. The highest BCUT2D eigenvalue weighted by Gasteiger charge is 2.27. The minimum atomic E-state index is -0.212. The minimum absolute atomic E-state index is 0.0299. The maximum atomic E-state index is 13.1. The Morgan fingerprint density at radius 1 is 1.09 bits per heavy atom. The van der Waals surface area contributed by atoms with Crippen LogP contribution in [0.25, 0.3) is 10.2 Å². The fraction of sp³-hybridized carbons (Fsp3) is 0.269. The molecule has 2 aromatic carbocycles. The van der Waals surface area contributed by atoms with Gasteiger partial charge in [0.2, 0.25) is 0 Å². The molecule has 0 unspecified atom stereocenters. The number of aryl methyl sites for hydroxylation is 2. The molecule has 32 heavy (non-hydrogen) atoms. The summed E-state index contributed by atoms with van der Waals surface area (Å²) < 4.78 is 7.01. The van der Waals surface area contributed by atoms with E-state index in [1.54, 1.807) is 11.3 Å². The number of nitrogens with zero attached hydrogens (tertiary/aromatic N) is 3. The molecule has 1 atom stereocenters.